The minimum absolute atomic E-state index is 0.144. The lowest BCUT2D eigenvalue weighted by Gasteiger charge is -2.10. The average Bonchev–Trinajstić information content (AvgIpc) is 2.52. The molecule has 0 saturated carbocycles. The zero-order valence-electron chi connectivity index (χ0n) is 13.1. The molecule has 0 spiro atoms. The fourth-order valence-corrected chi connectivity index (χ4v) is 2.18. The molecule has 0 unspecified atom stereocenters. The highest BCUT2D eigenvalue weighted by atomic mass is 16.5. The number of hydrogen-bond acceptors (Lipinski definition) is 4. The summed E-state index contributed by atoms with van der Waals surface area (Å²) in [6.07, 6.45) is 0.547. The van der Waals surface area contributed by atoms with Gasteiger partial charge in [-0.2, -0.15) is 0 Å². The van der Waals surface area contributed by atoms with Gasteiger partial charge in [0.1, 0.15) is 5.75 Å². The minimum Gasteiger partial charge on any atom is -0.504 e. The van der Waals surface area contributed by atoms with Gasteiger partial charge in [-0.1, -0.05) is 6.07 Å². The summed E-state index contributed by atoms with van der Waals surface area (Å²) in [5, 5.41) is 24.4. The van der Waals surface area contributed by atoms with Crippen LogP contribution in [0.4, 0.5) is 10.5 Å². The van der Waals surface area contributed by atoms with Gasteiger partial charge in [0, 0.05) is 18.3 Å². The van der Waals surface area contributed by atoms with Crippen LogP contribution in [-0.4, -0.2) is 29.9 Å². The Morgan fingerprint density at radius 3 is 2.65 bits per heavy atom. The molecule has 2 aromatic carbocycles. The predicted molar refractivity (Wildman–Crippen MR) is 88.2 cm³/mol. The molecule has 0 aromatic heterocycles. The van der Waals surface area contributed by atoms with Crippen LogP contribution in [0.1, 0.15) is 11.1 Å². The second kappa shape index (κ2) is 7.40. The van der Waals surface area contributed by atoms with Crippen LogP contribution in [0.3, 0.4) is 0 Å². The Labute approximate surface area is 134 Å². The fourth-order valence-electron chi connectivity index (χ4n) is 2.18. The number of amides is 2. The molecule has 23 heavy (non-hydrogen) atoms. The average molecular weight is 316 g/mol. The second-order valence-corrected chi connectivity index (χ2v) is 5.13. The quantitative estimate of drug-likeness (QED) is 0.638. The van der Waals surface area contributed by atoms with Crippen LogP contribution in [-0.2, 0) is 6.42 Å². The number of nitrogens with one attached hydrogen (secondary N) is 2. The Balaban J connectivity index is 1.86. The minimum atomic E-state index is -0.320. The lowest BCUT2D eigenvalue weighted by Crippen LogP contribution is -2.30. The van der Waals surface area contributed by atoms with Crippen molar-refractivity contribution in [3.8, 4) is 17.2 Å². The zero-order valence-corrected chi connectivity index (χ0v) is 13.1. The van der Waals surface area contributed by atoms with Crippen LogP contribution in [0.15, 0.2) is 36.4 Å². The summed E-state index contributed by atoms with van der Waals surface area (Å²) in [6.45, 7) is 2.24. The Kier molecular flexibility index (Phi) is 5.30. The molecule has 122 valence electrons. The molecule has 0 radical (unpaired) electrons. The third-order valence-corrected chi connectivity index (χ3v) is 3.44. The van der Waals surface area contributed by atoms with Crippen molar-refractivity contribution in [1.82, 2.24) is 5.32 Å². The Bertz CT molecular complexity index is 701. The van der Waals surface area contributed by atoms with E-state index in [-0.39, 0.29) is 17.5 Å². The number of carbonyl (C=O) groups is 1. The van der Waals surface area contributed by atoms with Crippen molar-refractivity contribution in [3.63, 3.8) is 0 Å². The summed E-state index contributed by atoms with van der Waals surface area (Å²) < 4.78 is 5.09. The number of anilines is 1. The topological polar surface area (TPSA) is 90.8 Å². The van der Waals surface area contributed by atoms with E-state index in [1.54, 1.807) is 31.4 Å². The van der Waals surface area contributed by atoms with E-state index in [0.717, 1.165) is 11.1 Å². The van der Waals surface area contributed by atoms with Gasteiger partial charge in [-0.25, -0.2) is 4.79 Å². The van der Waals surface area contributed by atoms with Crippen LogP contribution >= 0.6 is 0 Å². The summed E-state index contributed by atoms with van der Waals surface area (Å²) in [5.41, 5.74) is 2.36. The van der Waals surface area contributed by atoms with Crippen molar-refractivity contribution >= 4 is 11.7 Å². The first-order valence-electron chi connectivity index (χ1n) is 7.20. The Morgan fingerprint density at radius 1 is 1.17 bits per heavy atom. The fraction of sp³-hybridized carbons (Fsp3) is 0.235. The van der Waals surface area contributed by atoms with Crippen LogP contribution in [0.2, 0.25) is 0 Å². The Hall–Kier alpha value is -2.89. The van der Waals surface area contributed by atoms with Crippen molar-refractivity contribution in [2.45, 2.75) is 13.3 Å². The normalized spacial score (nSPS) is 10.2. The number of rotatable bonds is 5. The van der Waals surface area contributed by atoms with Crippen LogP contribution in [0.5, 0.6) is 17.2 Å². The molecule has 0 heterocycles. The van der Waals surface area contributed by atoms with E-state index in [2.05, 4.69) is 10.6 Å². The maximum atomic E-state index is 11.9. The molecule has 0 aliphatic carbocycles. The molecular weight excluding hydrogens is 296 g/mol. The van der Waals surface area contributed by atoms with Crippen LogP contribution < -0.4 is 15.4 Å². The summed E-state index contributed by atoms with van der Waals surface area (Å²) in [7, 11) is 1.56. The summed E-state index contributed by atoms with van der Waals surface area (Å²) in [4.78, 5) is 11.9. The number of urea groups is 1. The molecule has 0 aliphatic heterocycles. The number of methoxy groups -OCH3 is 1. The standard InChI is InChI=1S/C17H20N2O4/c1-11-8-15(20)16(21)9-12(11)6-7-18-17(22)19-13-4-3-5-14(10-13)23-2/h3-5,8-10,20-21H,6-7H2,1-2H3,(H2,18,19,22). The van der Waals surface area contributed by atoms with Crippen molar-refractivity contribution in [3.05, 3.63) is 47.5 Å². The van der Waals surface area contributed by atoms with Crippen LogP contribution in [0, 0.1) is 6.92 Å². The lowest BCUT2D eigenvalue weighted by molar-refractivity contribution is 0.252. The molecule has 0 fully saturated rings. The molecule has 2 amide bonds. The summed E-state index contributed by atoms with van der Waals surface area (Å²) in [5.74, 6) is 0.361. The van der Waals surface area contributed by atoms with Gasteiger partial charge < -0.3 is 25.6 Å². The number of carbonyl (C=O) groups excluding carboxylic acids is 1. The monoisotopic (exact) mass is 316 g/mol. The van der Waals surface area contributed by atoms with Gasteiger partial charge in [0.25, 0.3) is 0 Å². The van der Waals surface area contributed by atoms with E-state index in [1.165, 1.54) is 12.1 Å². The molecule has 0 atom stereocenters. The third kappa shape index (κ3) is 4.54. The smallest absolute Gasteiger partial charge is 0.319 e. The highest BCUT2D eigenvalue weighted by Crippen LogP contribution is 2.28. The molecule has 2 aromatic rings. The molecule has 4 N–H and O–H groups in total. The third-order valence-electron chi connectivity index (χ3n) is 3.44. The first kappa shape index (κ1) is 16.5. The maximum Gasteiger partial charge on any atom is 0.319 e. The summed E-state index contributed by atoms with van der Waals surface area (Å²) in [6, 6.07) is 9.76. The van der Waals surface area contributed by atoms with E-state index in [4.69, 9.17) is 4.74 Å². The van der Waals surface area contributed by atoms with E-state index in [1.807, 2.05) is 6.92 Å². The Morgan fingerprint density at radius 2 is 1.91 bits per heavy atom. The molecule has 6 heteroatoms. The van der Waals surface area contributed by atoms with E-state index < -0.39 is 0 Å². The number of hydrogen-bond donors (Lipinski definition) is 4. The van der Waals surface area contributed by atoms with Gasteiger partial charge in [-0.15, -0.1) is 0 Å². The highest BCUT2D eigenvalue weighted by molar-refractivity contribution is 5.89. The number of aryl methyl sites for hydroxylation is 1. The van der Waals surface area contributed by atoms with E-state index >= 15 is 0 Å². The largest absolute Gasteiger partial charge is 0.504 e. The first-order chi connectivity index (χ1) is 11.0. The van der Waals surface area contributed by atoms with Gasteiger partial charge >= 0.3 is 6.03 Å². The highest BCUT2D eigenvalue weighted by Gasteiger charge is 2.07. The molecule has 0 aliphatic rings. The maximum absolute atomic E-state index is 11.9. The number of aromatic hydroxyl groups is 2. The van der Waals surface area contributed by atoms with Crippen LogP contribution in [0.25, 0.3) is 0 Å². The molecule has 2 rings (SSSR count). The number of phenolic OH excluding ortho intramolecular Hbond substituents is 2. The zero-order chi connectivity index (χ0) is 16.8. The molecule has 0 saturated heterocycles. The van der Waals surface area contributed by atoms with Gasteiger partial charge in [0.05, 0.1) is 7.11 Å². The van der Waals surface area contributed by atoms with Crippen molar-refractivity contribution in [1.29, 1.82) is 0 Å². The number of ether oxygens (including phenoxy) is 1. The molecule has 0 bridgehead atoms. The van der Waals surface area contributed by atoms with E-state index in [0.29, 0.717) is 24.4 Å². The van der Waals surface area contributed by atoms with Crippen molar-refractivity contribution in [2.24, 2.45) is 0 Å². The number of benzene rings is 2. The van der Waals surface area contributed by atoms with Gasteiger partial charge in [0.2, 0.25) is 0 Å². The summed E-state index contributed by atoms with van der Waals surface area (Å²) >= 11 is 0. The lowest BCUT2D eigenvalue weighted by atomic mass is 10.0. The first-order valence-corrected chi connectivity index (χ1v) is 7.20. The van der Waals surface area contributed by atoms with Gasteiger partial charge in [0.15, 0.2) is 11.5 Å². The SMILES string of the molecule is COc1cccc(NC(=O)NCCc2cc(O)c(O)cc2C)c1. The van der Waals surface area contributed by atoms with Gasteiger partial charge in [-0.3, -0.25) is 0 Å². The molecular formula is C17H20N2O4. The second-order valence-electron chi connectivity index (χ2n) is 5.13. The number of phenols is 2. The predicted octanol–water partition coefficient (Wildman–Crippen LogP) is 2.78. The van der Waals surface area contributed by atoms with E-state index in [9.17, 15) is 15.0 Å². The molecule has 6 nitrogen and oxygen atoms in total. The van der Waals surface area contributed by atoms with Crippen molar-refractivity contribution in [2.75, 3.05) is 19.0 Å². The van der Waals surface area contributed by atoms with Crippen molar-refractivity contribution < 1.29 is 19.7 Å². The van der Waals surface area contributed by atoms with Gasteiger partial charge in [-0.05, 0) is 48.7 Å².